The largest absolute Gasteiger partial charge is 0.347 e. The zero-order valence-electron chi connectivity index (χ0n) is 14.8. The van der Waals surface area contributed by atoms with Crippen LogP contribution >= 0.6 is 0 Å². The van der Waals surface area contributed by atoms with Gasteiger partial charge in [-0.05, 0) is 30.5 Å². The molecule has 4 nitrogen and oxygen atoms in total. The van der Waals surface area contributed by atoms with Gasteiger partial charge in [-0.25, -0.2) is 0 Å². The second-order valence-electron chi connectivity index (χ2n) is 6.13. The molecule has 0 saturated heterocycles. The lowest BCUT2D eigenvalue weighted by Crippen LogP contribution is -2.44. The van der Waals surface area contributed by atoms with Crippen LogP contribution in [0.15, 0.2) is 86.0 Å². The molecule has 2 aromatic carbocycles. The van der Waals surface area contributed by atoms with Crippen LogP contribution in [0, 0.1) is 0 Å². The summed E-state index contributed by atoms with van der Waals surface area (Å²) in [6, 6.07) is 18.8. The summed E-state index contributed by atoms with van der Waals surface area (Å²) in [6.07, 6.45) is 4.96. The molecule has 4 heteroatoms. The Morgan fingerprint density at radius 1 is 0.846 bits per heavy atom. The SMILES string of the molecule is C=CCC(CC=C)(CNC(=O)C(=O)Nc1ccccc1)c1ccccc1. The molecule has 134 valence electrons. The fourth-order valence-corrected chi connectivity index (χ4v) is 2.95. The third-order valence-electron chi connectivity index (χ3n) is 4.28. The number of hydrogen-bond acceptors (Lipinski definition) is 2. The van der Waals surface area contributed by atoms with Crippen molar-refractivity contribution in [2.75, 3.05) is 11.9 Å². The number of benzene rings is 2. The molecule has 2 rings (SSSR count). The van der Waals surface area contributed by atoms with E-state index in [9.17, 15) is 9.59 Å². The van der Waals surface area contributed by atoms with Gasteiger partial charge in [-0.1, -0.05) is 60.7 Å². The van der Waals surface area contributed by atoms with E-state index in [2.05, 4.69) is 23.8 Å². The number of nitrogens with one attached hydrogen (secondary N) is 2. The maximum absolute atomic E-state index is 12.3. The van der Waals surface area contributed by atoms with Crippen LogP contribution < -0.4 is 10.6 Å². The topological polar surface area (TPSA) is 58.2 Å². The Morgan fingerprint density at radius 3 is 1.92 bits per heavy atom. The first-order chi connectivity index (χ1) is 12.6. The normalized spacial score (nSPS) is 10.6. The number of carbonyl (C=O) groups is 2. The first kappa shape index (κ1) is 19.2. The Morgan fingerprint density at radius 2 is 1.38 bits per heavy atom. The summed E-state index contributed by atoms with van der Waals surface area (Å²) < 4.78 is 0. The fourth-order valence-electron chi connectivity index (χ4n) is 2.95. The van der Waals surface area contributed by atoms with E-state index in [4.69, 9.17) is 0 Å². The molecule has 0 radical (unpaired) electrons. The Labute approximate surface area is 154 Å². The first-order valence-electron chi connectivity index (χ1n) is 8.53. The molecule has 0 heterocycles. The highest BCUT2D eigenvalue weighted by Crippen LogP contribution is 2.32. The number of para-hydroxylation sites is 1. The highest BCUT2D eigenvalue weighted by atomic mass is 16.2. The molecule has 0 spiro atoms. The van der Waals surface area contributed by atoms with Crippen molar-refractivity contribution in [2.45, 2.75) is 18.3 Å². The van der Waals surface area contributed by atoms with E-state index in [-0.39, 0.29) is 5.41 Å². The minimum absolute atomic E-state index is 0.316. The predicted octanol–water partition coefficient (Wildman–Crippen LogP) is 3.83. The second-order valence-corrected chi connectivity index (χ2v) is 6.13. The van der Waals surface area contributed by atoms with Gasteiger partial charge in [0.1, 0.15) is 0 Å². The van der Waals surface area contributed by atoms with Crippen LogP contribution in [0.4, 0.5) is 5.69 Å². The smallest absolute Gasteiger partial charge is 0.313 e. The molecular weight excluding hydrogens is 324 g/mol. The van der Waals surface area contributed by atoms with Crippen LogP contribution in [-0.2, 0) is 15.0 Å². The van der Waals surface area contributed by atoms with Gasteiger partial charge >= 0.3 is 11.8 Å². The fraction of sp³-hybridized carbons (Fsp3) is 0.182. The first-order valence-corrected chi connectivity index (χ1v) is 8.53. The molecule has 0 aliphatic rings. The van der Waals surface area contributed by atoms with E-state index in [1.807, 2.05) is 48.6 Å². The summed E-state index contributed by atoms with van der Waals surface area (Å²) in [5.74, 6) is -1.35. The van der Waals surface area contributed by atoms with Crippen molar-refractivity contribution in [3.63, 3.8) is 0 Å². The molecule has 26 heavy (non-hydrogen) atoms. The third-order valence-corrected chi connectivity index (χ3v) is 4.28. The number of carbonyl (C=O) groups excluding carboxylic acids is 2. The lowest BCUT2D eigenvalue weighted by molar-refractivity contribution is -0.136. The molecule has 0 aliphatic heterocycles. The van der Waals surface area contributed by atoms with Crippen LogP contribution in [0.2, 0.25) is 0 Å². The van der Waals surface area contributed by atoms with Gasteiger partial charge in [-0.3, -0.25) is 9.59 Å². The maximum atomic E-state index is 12.3. The van der Waals surface area contributed by atoms with E-state index >= 15 is 0 Å². The van der Waals surface area contributed by atoms with Gasteiger partial charge in [0.15, 0.2) is 0 Å². The average Bonchev–Trinajstić information content (AvgIpc) is 2.67. The van der Waals surface area contributed by atoms with E-state index < -0.39 is 11.8 Å². The Hall–Kier alpha value is -3.14. The average molecular weight is 348 g/mol. The lowest BCUT2D eigenvalue weighted by atomic mass is 9.74. The van der Waals surface area contributed by atoms with E-state index in [0.29, 0.717) is 25.1 Å². The highest BCUT2D eigenvalue weighted by Gasteiger charge is 2.31. The zero-order chi connectivity index (χ0) is 18.8. The van der Waals surface area contributed by atoms with Gasteiger partial charge in [-0.2, -0.15) is 0 Å². The van der Waals surface area contributed by atoms with Crippen molar-refractivity contribution in [1.29, 1.82) is 0 Å². The summed E-state index contributed by atoms with van der Waals surface area (Å²) in [7, 11) is 0. The standard InChI is InChI=1S/C22H24N2O2/c1-3-15-22(16-4-2,18-11-7-5-8-12-18)17-23-20(25)21(26)24-19-13-9-6-10-14-19/h3-14H,1-2,15-17H2,(H,23,25)(H,24,26). The molecule has 2 amide bonds. The molecule has 0 bridgehead atoms. The van der Waals surface area contributed by atoms with Crippen LogP contribution in [-0.4, -0.2) is 18.4 Å². The van der Waals surface area contributed by atoms with Crippen molar-refractivity contribution in [1.82, 2.24) is 5.32 Å². The number of anilines is 1. The van der Waals surface area contributed by atoms with Gasteiger partial charge in [0.25, 0.3) is 0 Å². The van der Waals surface area contributed by atoms with Crippen molar-refractivity contribution in [3.8, 4) is 0 Å². The molecule has 2 N–H and O–H groups in total. The molecule has 0 saturated carbocycles. The van der Waals surface area contributed by atoms with E-state index in [1.54, 1.807) is 24.3 Å². The Bertz CT molecular complexity index is 744. The molecule has 0 aromatic heterocycles. The zero-order valence-corrected chi connectivity index (χ0v) is 14.8. The van der Waals surface area contributed by atoms with Gasteiger partial charge < -0.3 is 10.6 Å². The molecule has 0 fully saturated rings. The number of amides is 2. The van der Waals surface area contributed by atoms with E-state index in [1.165, 1.54) is 0 Å². The Kier molecular flexibility index (Phi) is 6.92. The van der Waals surface area contributed by atoms with Crippen LogP contribution in [0.5, 0.6) is 0 Å². The summed E-state index contributed by atoms with van der Waals surface area (Å²) in [5.41, 5.74) is 1.27. The monoisotopic (exact) mass is 348 g/mol. The lowest BCUT2D eigenvalue weighted by Gasteiger charge is -2.33. The molecule has 0 aliphatic carbocycles. The Balaban J connectivity index is 2.10. The number of rotatable bonds is 8. The van der Waals surface area contributed by atoms with Crippen LogP contribution in [0.1, 0.15) is 18.4 Å². The molecular formula is C22H24N2O2. The van der Waals surface area contributed by atoms with Crippen molar-refractivity contribution < 1.29 is 9.59 Å². The minimum Gasteiger partial charge on any atom is -0.347 e. The summed E-state index contributed by atoms with van der Waals surface area (Å²) >= 11 is 0. The number of hydrogen-bond donors (Lipinski definition) is 2. The molecule has 0 unspecified atom stereocenters. The summed E-state index contributed by atoms with van der Waals surface area (Å²) in [6.45, 7) is 8.01. The van der Waals surface area contributed by atoms with Crippen molar-refractivity contribution >= 4 is 17.5 Å². The quantitative estimate of drug-likeness (QED) is 0.563. The third kappa shape index (κ3) is 4.93. The van der Waals surface area contributed by atoms with Gasteiger partial charge in [0, 0.05) is 17.6 Å². The minimum atomic E-state index is -0.685. The van der Waals surface area contributed by atoms with Crippen molar-refractivity contribution in [2.24, 2.45) is 0 Å². The maximum Gasteiger partial charge on any atom is 0.313 e. The van der Waals surface area contributed by atoms with Gasteiger partial charge in [-0.15, -0.1) is 13.2 Å². The van der Waals surface area contributed by atoms with Gasteiger partial charge in [0.05, 0.1) is 0 Å². The van der Waals surface area contributed by atoms with Crippen LogP contribution in [0.3, 0.4) is 0 Å². The molecule has 2 aromatic rings. The predicted molar refractivity (Wildman–Crippen MR) is 106 cm³/mol. The highest BCUT2D eigenvalue weighted by molar-refractivity contribution is 6.39. The van der Waals surface area contributed by atoms with Crippen molar-refractivity contribution in [3.05, 3.63) is 91.5 Å². The summed E-state index contributed by atoms with van der Waals surface area (Å²) in [4.78, 5) is 24.4. The molecule has 0 atom stereocenters. The van der Waals surface area contributed by atoms with E-state index in [0.717, 1.165) is 5.56 Å². The second kappa shape index (κ2) is 9.37. The number of allylic oxidation sites excluding steroid dienone is 2. The van der Waals surface area contributed by atoms with Gasteiger partial charge in [0.2, 0.25) is 0 Å². The van der Waals surface area contributed by atoms with Crippen LogP contribution in [0.25, 0.3) is 0 Å². The summed E-state index contributed by atoms with van der Waals surface area (Å²) in [5, 5.41) is 5.36.